The van der Waals surface area contributed by atoms with Gasteiger partial charge in [-0.1, -0.05) is 0 Å². The van der Waals surface area contributed by atoms with E-state index in [0.29, 0.717) is 23.1 Å². The highest BCUT2D eigenvalue weighted by molar-refractivity contribution is 9.10. The zero-order valence-electron chi connectivity index (χ0n) is 9.01. The molecular formula is C10H13BrN2O3S. The van der Waals surface area contributed by atoms with E-state index >= 15 is 0 Å². The van der Waals surface area contributed by atoms with Crippen LogP contribution < -0.4 is 5.73 Å². The number of nitrogens with zero attached hydrogens (tertiary/aromatic N) is 1. The van der Waals surface area contributed by atoms with Crippen molar-refractivity contribution in [2.24, 2.45) is 0 Å². The lowest BCUT2D eigenvalue weighted by Gasteiger charge is -2.16. The van der Waals surface area contributed by atoms with Gasteiger partial charge in [0.1, 0.15) is 0 Å². The first-order valence-corrected chi connectivity index (χ1v) is 7.38. The van der Waals surface area contributed by atoms with Crippen LogP contribution >= 0.6 is 15.9 Å². The van der Waals surface area contributed by atoms with Gasteiger partial charge in [0.2, 0.25) is 10.0 Å². The summed E-state index contributed by atoms with van der Waals surface area (Å²) in [6, 6.07) is 4.53. The van der Waals surface area contributed by atoms with Crippen LogP contribution in [-0.2, 0) is 10.0 Å². The highest BCUT2D eigenvalue weighted by Gasteiger charge is 2.31. The van der Waals surface area contributed by atoms with Gasteiger partial charge in [0.25, 0.3) is 0 Å². The largest absolute Gasteiger partial charge is 0.398 e. The number of nitrogens with two attached hydrogens (primary N) is 1. The van der Waals surface area contributed by atoms with Crippen LogP contribution in [0.5, 0.6) is 0 Å². The first kappa shape index (κ1) is 12.8. The predicted octanol–water partition coefficient (Wildman–Crippen LogP) is 0.787. The van der Waals surface area contributed by atoms with Crippen molar-refractivity contribution in [2.75, 3.05) is 18.8 Å². The number of nitrogen functional groups attached to an aromatic ring is 1. The maximum absolute atomic E-state index is 12.2. The van der Waals surface area contributed by atoms with Gasteiger partial charge in [-0.05, 0) is 40.5 Å². The normalized spacial score (nSPS) is 21.9. The van der Waals surface area contributed by atoms with E-state index in [4.69, 9.17) is 5.73 Å². The van der Waals surface area contributed by atoms with Crippen molar-refractivity contribution < 1.29 is 13.5 Å². The van der Waals surface area contributed by atoms with Gasteiger partial charge in [-0.25, -0.2) is 8.42 Å². The number of sulfonamides is 1. The SMILES string of the molecule is Nc1cc(S(=O)(=O)N2CCC(O)C2)ccc1Br. The number of hydrogen-bond acceptors (Lipinski definition) is 4. The molecule has 0 radical (unpaired) electrons. The summed E-state index contributed by atoms with van der Waals surface area (Å²) in [4.78, 5) is 0.160. The quantitative estimate of drug-likeness (QED) is 0.789. The fourth-order valence-corrected chi connectivity index (χ4v) is 3.54. The van der Waals surface area contributed by atoms with E-state index in [1.165, 1.54) is 16.4 Å². The number of hydrogen-bond donors (Lipinski definition) is 2. The molecule has 1 saturated heterocycles. The van der Waals surface area contributed by atoms with Crippen molar-refractivity contribution in [2.45, 2.75) is 17.4 Å². The first-order valence-electron chi connectivity index (χ1n) is 5.14. The van der Waals surface area contributed by atoms with Gasteiger partial charge in [0.15, 0.2) is 0 Å². The molecule has 0 spiro atoms. The second kappa shape index (κ2) is 4.56. The fourth-order valence-electron chi connectivity index (χ4n) is 1.76. The maximum Gasteiger partial charge on any atom is 0.243 e. The number of rotatable bonds is 2. The van der Waals surface area contributed by atoms with Crippen LogP contribution in [0.1, 0.15) is 6.42 Å². The Kier molecular flexibility index (Phi) is 3.44. The van der Waals surface area contributed by atoms with Gasteiger partial charge in [0.05, 0.1) is 11.0 Å². The molecule has 94 valence electrons. The zero-order chi connectivity index (χ0) is 12.6. The van der Waals surface area contributed by atoms with Crippen molar-refractivity contribution in [1.29, 1.82) is 0 Å². The minimum atomic E-state index is -3.54. The molecule has 1 atom stereocenters. The molecule has 1 unspecified atom stereocenters. The summed E-state index contributed by atoms with van der Waals surface area (Å²) in [7, 11) is -3.54. The molecule has 0 bridgehead atoms. The van der Waals surface area contributed by atoms with Crippen LogP contribution in [0.4, 0.5) is 5.69 Å². The summed E-state index contributed by atoms with van der Waals surface area (Å²) >= 11 is 3.22. The molecule has 5 nitrogen and oxygen atoms in total. The van der Waals surface area contributed by atoms with Crippen LogP contribution in [0.15, 0.2) is 27.6 Å². The van der Waals surface area contributed by atoms with E-state index < -0.39 is 16.1 Å². The van der Waals surface area contributed by atoms with E-state index in [2.05, 4.69) is 15.9 Å². The van der Waals surface area contributed by atoms with Gasteiger partial charge in [0, 0.05) is 23.2 Å². The number of anilines is 1. The van der Waals surface area contributed by atoms with Gasteiger partial charge in [-0.15, -0.1) is 0 Å². The Morgan fingerprint density at radius 1 is 1.47 bits per heavy atom. The molecule has 7 heteroatoms. The van der Waals surface area contributed by atoms with Gasteiger partial charge < -0.3 is 10.8 Å². The van der Waals surface area contributed by atoms with E-state index in [1.807, 2.05) is 0 Å². The Morgan fingerprint density at radius 3 is 2.71 bits per heavy atom. The predicted molar refractivity (Wildman–Crippen MR) is 67.9 cm³/mol. The average Bonchev–Trinajstić information content (AvgIpc) is 2.69. The molecule has 0 saturated carbocycles. The maximum atomic E-state index is 12.2. The molecular weight excluding hydrogens is 308 g/mol. The lowest BCUT2D eigenvalue weighted by Crippen LogP contribution is -2.29. The van der Waals surface area contributed by atoms with E-state index in [0.717, 1.165) is 0 Å². The van der Waals surface area contributed by atoms with Crippen LogP contribution in [0.3, 0.4) is 0 Å². The Morgan fingerprint density at radius 2 is 2.18 bits per heavy atom. The minimum absolute atomic E-state index is 0.151. The second-order valence-electron chi connectivity index (χ2n) is 3.99. The third-order valence-electron chi connectivity index (χ3n) is 2.73. The van der Waals surface area contributed by atoms with Crippen molar-refractivity contribution in [3.8, 4) is 0 Å². The minimum Gasteiger partial charge on any atom is -0.398 e. The zero-order valence-corrected chi connectivity index (χ0v) is 11.4. The molecule has 2 rings (SSSR count). The monoisotopic (exact) mass is 320 g/mol. The number of benzene rings is 1. The molecule has 0 amide bonds. The Bertz CT molecular complexity index is 532. The van der Waals surface area contributed by atoms with Crippen molar-refractivity contribution in [1.82, 2.24) is 4.31 Å². The summed E-state index contributed by atoms with van der Waals surface area (Å²) in [5.74, 6) is 0. The summed E-state index contributed by atoms with van der Waals surface area (Å²) in [5.41, 5.74) is 6.04. The molecule has 1 heterocycles. The van der Waals surface area contributed by atoms with E-state index in [9.17, 15) is 13.5 Å². The fraction of sp³-hybridized carbons (Fsp3) is 0.400. The van der Waals surface area contributed by atoms with Gasteiger partial charge >= 0.3 is 0 Å². The third kappa shape index (κ3) is 2.47. The number of halogens is 1. The van der Waals surface area contributed by atoms with Crippen molar-refractivity contribution in [3.63, 3.8) is 0 Å². The molecule has 17 heavy (non-hydrogen) atoms. The van der Waals surface area contributed by atoms with Crippen LogP contribution in [0.25, 0.3) is 0 Å². The average molecular weight is 321 g/mol. The molecule has 1 aromatic carbocycles. The molecule has 1 aromatic rings. The van der Waals surface area contributed by atoms with Crippen molar-refractivity contribution >= 4 is 31.6 Å². The Hall–Kier alpha value is -0.630. The second-order valence-corrected chi connectivity index (χ2v) is 6.78. The summed E-state index contributed by atoms with van der Waals surface area (Å²) in [5, 5.41) is 9.37. The standard InChI is InChI=1S/C10H13BrN2O3S/c11-9-2-1-8(5-10(9)12)17(15,16)13-4-3-7(14)6-13/h1-2,5,7,14H,3-4,6,12H2. The number of β-amino-alcohol motifs (C(OH)–C–C–N with tert-alkyl or cyclic N) is 1. The van der Waals surface area contributed by atoms with Crippen molar-refractivity contribution in [3.05, 3.63) is 22.7 Å². The van der Waals surface area contributed by atoms with Gasteiger partial charge in [-0.3, -0.25) is 0 Å². The van der Waals surface area contributed by atoms with Crippen LogP contribution in [0, 0.1) is 0 Å². The highest BCUT2D eigenvalue weighted by Crippen LogP contribution is 2.26. The first-order chi connectivity index (χ1) is 7.91. The lowest BCUT2D eigenvalue weighted by molar-refractivity contribution is 0.189. The van der Waals surface area contributed by atoms with E-state index in [1.54, 1.807) is 6.07 Å². The molecule has 0 aliphatic carbocycles. The van der Waals surface area contributed by atoms with Crippen LogP contribution in [0.2, 0.25) is 0 Å². The Labute approximate surface area is 108 Å². The van der Waals surface area contributed by atoms with E-state index in [-0.39, 0.29) is 11.4 Å². The Balaban J connectivity index is 2.35. The highest BCUT2D eigenvalue weighted by atomic mass is 79.9. The molecule has 0 aromatic heterocycles. The van der Waals surface area contributed by atoms with Gasteiger partial charge in [-0.2, -0.15) is 4.31 Å². The lowest BCUT2D eigenvalue weighted by atomic mass is 10.3. The van der Waals surface area contributed by atoms with Crippen LogP contribution in [-0.4, -0.2) is 37.0 Å². The number of aliphatic hydroxyl groups is 1. The molecule has 1 aliphatic rings. The third-order valence-corrected chi connectivity index (χ3v) is 5.31. The smallest absolute Gasteiger partial charge is 0.243 e. The topological polar surface area (TPSA) is 83.6 Å². The number of aliphatic hydroxyl groups excluding tert-OH is 1. The summed E-state index contributed by atoms with van der Waals surface area (Å²) < 4.78 is 26.3. The molecule has 1 fully saturated rings. The summed E-state index contributed by atoms with van der Waals surface area (Å²) in [6.07, 6.45) is -0.0943. The summed E-state index contributed by atoms with van der Waals surface area (Å²) in [6.45, 7) is 0.498. The molecule has 3 N–H and O–H groups in total. The molecule has 1 aliphatic heterocycles.